The third-order valence-corrected chi connectivity index (χ3v) is 5.58. The summed E-state index contributed by atoms with van der Waals surface area (Å²) < 4.78 is 10.6. The van der Waals surface area contributed by atoms with Crippen LogP contribution in [0.3, 0.4) is 0 Å². The molecule has 1 aromatic carbocycles. The van der Waals surface area contributed by atoms with E-state index in [0.717, 1.165) is 24.9 Å². The Bertz CT molecular complexity index is 576. The minimum absolute atomic E-state index is 0.0470. The number of anilines is 1. The summed E-state index contributed by atoms with van der Waals surface area (Å²) in [5.41, 5.74) is 0.675. The lowest BCUT2D eigenvalue weighted by molar-refractivity contribution is -0.902. The number of carbonyl (C=O) groups excluding carboxylic acids is 1. The van der Waals surface area contributed by atoms with Crippen LogP contribution in [-0.4, -0.2) is 39.8 Å². The molecule has 1 aromatic rings. The molecule has 1 aliphatic carbocycles. The van der Waals surface area contributed by atoms with E-state index in [4.69, 9.17) is 9.47 Å². The van der Waals surface area contributed by atoms with E-state index in [1.54, 1.807) is 20.3 Å². The molecule has 1 heterocycles. The highest BCUT2D eigenvalue weighted by Gasteiger charge is 2.34. The van der Waals surface area contributed by atoms with Gasteiger partial charge in [0.25, 0.3) is 5.91 Å². The number of piperidine rings is 1. The van der Waals surface area contributed by atoms with Gasteiger partial charge >= 0.3 is 0 Å². The number of amides is 1. The van der Waals surface area contributed by atoms with Crippen LogP contribution >= 0.6 is 0 Å². The summed E-state index contributed by atoms with van der Waals surface area (Å²) in [6.07, 6.45) is 6.77. The van der Waals surface area contributed by atoms with Crippen LogP contribution in [0.5, 0.6) is 11.5 Å². The molecule has 0 radical (unpaired) electrons. The first-order valence-corrected chi connectivity index (χ1v) is 9.05. The second kappa shape index (κ2) is 7.88. The third-order valence-electron chi connectivity index (χ3n) is 5.58. The van der Waals surface area contributed by atoms with Crippen molar-refractivity contribution in [3.8, 4) is 11.5 Å². The Hall–Kier alpha value is -1.75. The van der Waals surface area contributed by atoms with Crippen LogP contribution in [0.15, 0.2) is 18.2 Å². The van der Waals surface area contributed by atoms with Gasteiger partial charge in [0.15, 0.2) is 6.54 Å². The molecule has 1 unspecified atom stereocenters. The minimum Gasteiger partial charge on any atom is -0.497 e. The second-order valence-corrected chi connectivity index (χ2v) is 7.09. The Morgan fingerprint density at radius 1 is 1.17 bits per heavy atom. The first kappa shape index (κ1) is 17.1. The summed E-state index contributed by atoms with van der Waals surface area (Å²) in [5.74, 6) is 3.14. The number of methoxy groups -OCH3 is 2. The Balaban J connectivity index is 1.57. The fourth-order valence-corrected chi connectivity index (χ4v) is 4.29. The number of hydrogen-bond acceptors (Lipinski definition) is 3. The number of quaternary nitrogens is 1. The van der Waals surface area contributed by atoms with Gasteiger partial charge in [0, 0.05) is 12.0 Å². The number of ether oxygens (including phenoxy) is 2. The fraction of sp³-hybridized carbons (Fsp3) is 0.632. The van der Waals surface area contributed by atoms with E-state index < -0.39 is 0 Å². The third kappa shape index (κ3) is 4.01. The molecule has 3 atom stereocenters. The average molecular weight is 333 g/mol. The van der Waals surface area contributed by atoms with Crippen LogP contribution in [0, 0.1) is 11.8 Å². The average Bonchev–Trinajstić information content (AvgIpc) is 2.61. The van der Waals surface area contributed by atoms with Gasteiger partial charge in [0.1, 0.15) is 11.5 Å². The van der Waals surface area contributed by atoms with Crippen molar-refractivity contribution in [1.82, 2.24) is 0 Å². The zero-order valence-electron chi connectivity index (χ0n) is 14.8. The number of rotatable bonds is 5. The van der Waals surface area contributed by atoms with Crippen LogP contribution in [0.2, 0.25) is 0 Å². The highest BCUT2D eigenvalue weighted by molar-refractivity contribution is 5.93. The van der Waals surface area contributed by atoms with Gasteiger partial charge in [0.05, 0.1) is 33.0 Å². The lowest BCUT2D eigenvalue weighted by atomic mass is 9.75. The topological polar surface area (TPSA) is 52.0 Å². The maximum atomic E-state index is 12.5. The predicted molar refractivity (Wildman–Crippen MR) is 93.8 cm³/mol. The largest absolute Gasteiger partial charge is 0.497 e. The monoisotopic (exact) mass is 333 g/mol. The quantitative estimate of drug-likeness (QED) is 0.863. The number of hydrogen-bond donors (Lipinski definition) is 2. The molecule has 0 aromatic heterocycles. The number of fused-ring (bicyclic) bond motifs is 1. The molecule has 2 N–H and O–H groups in total. The van der Waals surface area contributed by atoms with Crippen molar-refractivity contribution in [1.29, 1.82) is 0 Å². The summed E-state index contributed by atoms with van der Waals surface area (Å²) in [6.45, 7) is 2.79. The lowest BCUT2D eigenvalue weighted by Crippen LogP contribution is -3.15. The zero-order valence-corrected chi connectivity index (χ0v) is 14.8. The van der Waals surface area contributed by atoms with Crippen LogP contribution in [-0.2, 0) is 4.79 Å². The normalized spacial score (nSPS) is 26.3. The molecule has 1 saturated heterocycles. The molecule has 1 saturated carbocycles. The van der Waals surface area contributed by atoms with E-state index in [1.165, 1.54) is 37.0 Å². The first-order valence-electron chi connectivity index (χ1n) is 9.05. The Labute approximate surface area is 144 Å². The Kier molecular flexibility index (Phi) is 5.61. The summed E-state index contributed by atoms with van der Waals surface area (Å²) in [5, 5.41) is 2.99. The maximum absolute atomic E-state index is 12.5. The number of nitrogens with one attached hydrogen (secondary N) is 2. The fourth-order valence-electron chi connectivity index (χ4n) is 4.29. The van der Waals surface area contributed by atoms with Crippen molar-refractivity contribution in [2.24, 2.45) is 11.8 Å². The van der Waals surface area contributed by atoms with Crippen molar-refractivity contribution < 1.29 is 19.2 Å². The van der Waals surface area contributed by atoms with E-state index in [2.05, 4.69) is 5.32 Å². The van der Waals surface area contributed by atoms with Crippen LogP contribution < -0.4 is 19.7 Å². The standard InChI is InChI=1S/C19H28N2O3/c1-23-16-7-8-18(24-2)17(11-16)20-19(22)13-21-10-9-14-5-3-4-6-15(14)12-21/h7-8,11,14-15H,3-6,9-10,12-13H2,1-2H3,(H,20,22)/p+1/t14-,15-/m1/s1. The molecule has 24 heavy (non-hydrogen) atoms. The lowest BCUT2D eigenvalue weighted by Gasteiger charge is -2.38. The van der Waals surface area contributed by atoms with Crippen molar-refractivity contribution in [3.05, 3.63) is 18.2 Å². The molecule has 5 heteroatoms. The van der Waals surface area contributed by atoms with Crippen molar-refractivity contribution in [3.63, 3.8) is 0 Å². The second-order valence-electron chi connectivity index (χ2n) is 7.09. The van der Waals surface area contributed by atoms with Crippen molar-refractivity contribution in [2.75, 3.05) is 39.2 Å². The molecule has 5 nitrogen and oxygen atoms in total. The SMILES string of the molecule is COc1ccc(OC)c(NC(=O)C[NH+]2CC[C@H]3CCCC[C@@H]3C2)c1. The number of benzene rings is 1. The van der Waals surface area contributed by atoms with Gasteiger partial charge in [-0.3, -0.25) is 4.79 Å². The van der Waals surface area contributed by atoms with Gasteiger partial charge in [-0.15, -0.1) is 0 Å². The number of carbonyl (C=O) groups is 1. The van der Waals surface area contributed by atoms with Crippen LogP contribution in [0.25, 0.3) is 0 Å². The van der Waals surface area contributed by atoms with Crippen molar-refractivity contribution in [2.45, 2.75) is 32.1 Å². The van der Waals surface area contributed by atoms with E-state index >= 15 is 0 Å². The van der Waals surface area contributed by atoms with Crippen LogP contribution in [0.4, 0.5) is 5.69 Å². The van der Waals surface area contributed by atoms with E-state index in [-0.39, 0.29) is 5.91 Å². The molecule has 1 amide bonds. The molecule has 2 fully saturated rings. The van der Waals surface area contributed by atoms with E-state index in [9.17, 15) is 4.79 Å². The Morgan fingerprint density at radius 3 is 2.71 bits per heavy atom. The maximum Gasteiger partial charge on any atom is 0.279 e. The molecule has 1 aliphatic heterocycles. The summed E-state index contributed by atoms with van der Waals surface area (Å²) in [7, 11) is 3.22. The minimum atomic E-state index is 0.0470. The van der Waals surface area contributed by atoms with Crippen molar-refractivity contribution >= 4 is 11.6 Å². The van der Waals surface area contributed by atoms with Crippen LogP contribution in [0.1, 0.15) is 32.1 Å². The molecule has 0 spiro atoms. The summed E-state index contributed by atoms with van der Waals surface area (Å²) in [6, 6.07) is 5.45. The number of likely N-dealkylation sites (tertiary alicyclic amines) is 1. The van der Waals surface area contributed by atoms with E-state index in [1.807, 2.05) is 12.1 Å². The van der Waals surface area contributed by atoms with Gasteiger partial charge in [0.2, 0.25) is 0 Å². The van der Waals surface area contributed by atoms with Gasteiger partial charge < -0.3 is 19.7 Å². The molecular weight excluding hydrogens is 304 g/mol. The van der Waals surface area contributed by atoms with Gasteiger partial charge in [-0.05, 0) is 37.3 Å². The predicted octanol–water partition coefficient (Wildman–Crippen LogP) is 1.74. The smallest absolute Gasteiger partial charge is 0.279 e. The highest BCUT2D eigenvalue weighted by Crippen LogP contribution is 2.32. The Morgan fingerprint density at radius 2 is 1.96 bits per heavy atom. The molecule has 0 bridgehead atoms. The molecular formula is C19H29N2O3+. The van der Waals surface area contributed by atoms with Gasteiger partial charge in [-0.2, -0.15) is 0 Å². The highest BCUT2D eigenvalue weighted by atomic mass is 16.5. The molecule has 132 valence electrons. The zero-order chi connectivity index (χ0) is 16.9. The molecule has 2 aliphatic rings. The first-order chi connectivity index (χ1) is 11.7. The molecule has 3 rings (SSSR count). The van der Waals surface area contributed by atoms with E-state index in [0.29, 0.717) is 23.7 Å². The summed E-state index contributed by atoms with van der Waals surface area (Å²) >= 11 is 0. The van der Waals surface area contributed by atoms with Gasteiger partial charge in [-0.25, -0.2) is 0 Å². The van der Waals surface area contributed by atoms with Gasteiger partial charge in [-0.1, -0.05) is 12.8 Å². The summed E-state index contributed by atoms with van der Waals surface area (Å²) in [4.78, 5) is 13.9.